The van der Waals surface area contributed by atoms with Gasteiger partial charge in [0, 0.05) is 0 Å². The molecule has 0 atom stereocenters. The van der Waals surface area contributed by atoms with Crippen molar-refractivity contribution >= 4 is 0 Å². The van der Waals surface area contributed by atoms with E-state index in [4.69, 9.17) is 0 Å². The van der Waals surface area contributed by atoms with E-state index in [2.05, 4.69) is 0 Å². The summed E-state index contributed by atoms with van der Waals surface area (Å²) < 4.78 is 25.6. The highest BCUT2D eigenvalue weighted by molar-refractivity contribution is 5.64. The molecule has 15 heavy (non-hydrogen) atoms. The molecule has 0 spiro atoms. The fourth-order valence-electron chi connectivity index (χ4n) is 1.52. The molecule has 0 aromatic heterocycles. The van der Waals surface area contributed by atoms with Crippen molar-refractivity contribution in [2.75, 3.05) is 0 Å². The first kappa shape index (κ1) is 9.84. The van der Waals surface area contributed by atoms with Gasteiger partial charge in [-0.05, 0) is 34.9 Å². The van der Waals surface area contributed by atoms with Crippen LogP contribution in [0, 0.1) is 5.82 Å². The Morgan fingerprint density at radius 1 is 0.867 bits per heavy atom. The number of alkyl halides is 1. The summed E-state index contributed by atoms with van der Waals surface area (Å²) in [6.45, 7) is -0.641. The zero-order valence-electron chi connectivity index (χ0n) is 8.08. The molecule has 0 unspecified atom stereocenters. The molecule has 0 aliphatic heterocycles. The average molecular weight is 204 g/mol. The maximum atomic E-state index is 13.1. The minimum absolute atomic E-state index is 0.369. The molecule has 2 aromatic rings. The Morgan fingerprint density at radius 2 is 1.60 bits per heavy atom. The fraction of sp³-hybridized carbons (Fsp3) is 0.0769. The van der Waals surface area contributed by atoms with Crippen LogP contribution < -0.4 is 0 Å². The van der Waals surface area contributed by atoms with Gasteiger partial charge in [0.1, 0.15) is 12.5 Å². The number of hydrogen-bond acceptors (Lipinski definition) is 0. The van der Waals surface area contributed by atoms with Crippen molar-refractivity contribution in [3.63, 3.8) is 0 Å². The highest BCUT2D eigenvalue weighted by Crippen LogP contribution is 2.22. The summed E-state index contributed by atoms with van der Waals surface area (Å²) in [6, 6.07) is 13.7. The Morgan fingerprint density at radius 3 is 2.27 bits per heavy atom. The van der Waals surface area contributed by atoms with Gasteiger partial charge in [0.05, 0.1) is 0 Å². The van der Waals surface area contributed by atoms with Crippen molar-refractivity contribution < 1.29 is 8.78 Å². The second-order valence-electron chi connectivity index (χ2n) is 3.35. The fourth-order valence-corrected chi connectivity index (χ4v) is 1.52. The maximum Gasteiger partial charge on any atom is 0.124 e. The third-order valence-electron chi connectivity index (χ3n) is 2.22. The van der Waals surface area contributed by atoms with Crippen LogP contribution in [0.15, 0.2) is 48.5 Å². The second-order valence-corrected chi connectivity index (χ2v) is 3.35. The molecule has 0 saturated carbocycles. The lowest BCUT2D eigenvalue weighted by atomic mass is 10.0. The van der Waals surface area contributed by atoms with Crippen LogP contribution in [0.5, 0.6) is 0 Å². The van der Waals surface area contributed by atoms with Crippen molar-refractivity contribution in [3.05, 3.63) is 59.9 Å². The number of hydrogen-bond donors (Lipinski definition) is 0. The molecule has 0 saturated heterocycles. The second kappa shape index (κ2) is 4.22. The van der Waals surface area contributed by atoms with Crippen LogP contribution >= 0.6 is 0 Å². The zero-order chi connectivity index (χ0) is 10.7. The highest BCUT2D eigenvalue weighted by Gasteiger charge is 2.02. The highest BCUT2D eigenvalue weighted by atomic mass is 19.1. The van der Waals surface area contributed by atoms with Crippen molar-refractivity contribution in [3.8, 4) is 11.1 Å². The first-order valence-electron chi connectivity index (χ1n) is 4.70. The van der Waals surface area contributed by atoms with Crippen LogP contribution in [0.25, 0.3) is 11.1 Å². The van der Waals surface area contributed by atoms with Gasteiger partial charge in [-0.25, -0.2) is 8.78 Å². The Labute approximate surface area is 87.2 Å². The average Bonchev–Trinajstić information content (AvgIpc) is 2.29. The largest absolute Gasteiger partial charge is 0.246 e. The van der Waals surface area contributed by atoms with Gasteiger partial charge < -0.3 is 0 Å². The topological polar surface area (TPSA) is 0 Å². The lowest BCUT2D eigenvalue weighted by molar-refractivity contribution is 0.482. The monoisotopic (exact) mass is 204 g/mol. The Kier molecular flexibility index (Phi) is 2.77. The van der Waals surface area contributed by atoms with Gasteiger partial charge in [-0.15, -0.1) is 0 Å². The van der Waals surface area contributed by atoms with E-state index in [9.17, 15) is 8.78 Å². The molecule has 0 nitrogen and oxygen atoms in total. The number of benzene rings is 2. The Bertz CT molecular complexity index is 449. The van der Waals surface area contributed by atoms with Gasteiger partial charge in [-0.2, -0.15) is 0 Å². The van der Waals surface area contributed by atoms with E-state index in [-0.39, 0.29) is 0 Å². The first-order valence-corrected chi connectivity index (χ1v) is 4.70. The zero-order valence-corrected chi connectivity index (χ0v) is 8.08. The summed E-state index contributed by atoms with van der Waals surface area (Å²) in [5.74, 6) is -0.399. The van der Waals surface area contributed by atoms with Crippen molar-refractivity contribution in [1.82, 2.24) is 0 Å². The van der Waals surface area contributed by atoms with Crippen LogP contribution in [-0.4, -0.2) is 0 Å². The van der Waals surface area contributed by atoms with Crippen LogP contribution in [0.3, 0.4) is 0 Å². The predicted octanol–water partition coefficient (Wildman–Crippen LogP) is 3.96. The third-order valence-corrected chi connectivity index (χ3v) is 2.22. The standard InChI is InChI=1S/C13H10F2/c14-9-10-6-12(8-13(15)7-10)11-4-2-1-3-5-11/h1-8H,9H2. The minimum Gasteiger partial charge on any atom is -0.246 e. The minimum atomic E-state index is -0.641. The predicted molar refractivity (Wildman–Crippen MR) is 56.6 cm³/mol. The summed E-state index contributed by atoms with van der Waals surface area (Å²) in [4.78, 5) is 0. The van der Waals surface area contributed by atoms with E-state index in [1.165, 1.54) is 12.1 Å². The molecular weight excluding hydrogens is 194 g/mol. The SMILES string of the molecule is FCc1cc(F)cc(-c2ccccc2)c1. The van der Waals surface area contributed by atoms with E-state index in [1.807, 2.05) is 30.3 Å². The molecule has 0 fully saturated rings. The van der Waals surface area contributed by atoms with E-state index < -0.39 is 12.5 Å². The van der Waals surface area contributed by atoms with Gasteiger partial charge in [-0.1, -0.05) is 30.3 Å². The van der Waals surface area contributed by atoms with Crippen molar-refractivity contribution in [2.45, 2.75) is 6.67 Å². The number of halogens is 2. The van der Waals surface area contributed by atoms with Gasteiger partial charge >= 0.3 is 0 Å². The Balaban J connectivity index is 2.49. The lowest BCUT2D eigenvalue weighted by Gasteiger charge is -2.03. The quantitative estimate of drug-likeness (QED) is 0.694. The van der Waals surface area contributed by atoms with E-state index >= 15 is 0 Å². The van der Waals surface area contributed by atoms with Gasteiger partial charge in [0.15, 0.2) is 0 Å². The van der Waals surface area contributed by atoms with Gasteiger partial charge in [0.25, 0.3) is 0 Å². The third kappa shape index (κ3) is 2.21. The van der Waals surface area contributed by atoms with Gasteiger partial charge in [-0.3, -0.25) is 0 Å². The molecule has 2 aromatic carbocycles. The van der Waals surface area contributed by atoms with E-state index in [0.717, 1.165) is 5.56 Å². The normalized spacial score (nSPS) is 10.3. The van der Waals surface area contributed by atoms with E-state index in [1.54, 1.807) is 6.07 Å². The molecule has 0 N–H and O–H groups in total. The summed E-state index contributed by atoms with van der Waals surface area (Å²) in [5, 5.41) is 0. The molecule has 0 heterocycles. The van der Waals surface area contributed by atoms with Crippen LogP contribution in [0.2, 0.25) is 0 Å². The molecule has 0 aliphatic carbocycles. The molecular formula is C13H10F2. The summed E-state index contributed by atoms with van der Waals surface area (Å²) in [7, 11) is 0. The number of rotatable bonds is 2. The van der Waals surface area contributed by atoms with E-state index in [0.29, 0.717) is 11.1 Å². The first-order chi connectivity index (χ1) is 7.29. The molecule has 0 bridgehead atoms. The van der Waals surface area contributed by atoms with Gasteiger partial charge in [0.2, 0.25) is 0 Å². The smallest absolute Gasteiger partial charge is 0.124 e. The molecule has 2 rings (SSSR count). The summed E-state index contributed by atoms with van der Waals surface area (Å²) in [6.07, 6.45) is 0. The van der Waals surface area contributed by atoms with Crippen LogP contribution in [-0.2, 0) is 6.67 Å². The molecule has 2 heteroatoms. The van der Waals surface area contributed by atoms with Crippen molar-refractivity contribution in [2.24, 2.45) is 0 Å². The molecule has 0 amide bonds. The molecule has 76 valence electrons. The van der Waals surface area contributed by atoms with Crippen LogP contribution in [0.1, 0.15) is 5.56 Å². The van der Waals surface area contributed by atoms with Crippen LogP contribution in [0.4, 0.5) is 8.78 Å². The lowest BCUT2D eigenvalue weighted by Crippen LogP contribution is -1.85. The van der Waals surface area contributed by atoms with Crippen molar-refractivity contribution in [1.29, 1.82) is 0 Å². The maximum absolute atomic E-state index is 13.1. The Hall–Kier alpha value is -1.70. The molecule has 0 radical (unpaired) electrons. The summed E-state index contributed by atoms with van der Waals surface area (Å²) in [5.41, 5.74) is 1.98. The molecule has 0 aliphatic rings. The summed E-state index contributed by atoms with van der Waals surface area (Å²) >= 11 is 0.